The van der Waals surface area contributed by atoms with Gasteiger partial charge in [-0.15, -0.1) is 0 Å². The summed E-state index contributed by atoms with van der Waals surface area (Å²) in [6.45, 7) is 4.21. The van der Waals surface area contributed by atoms with Crippen LogP contribution in [0.4, 0.5) is 0 Å². The molecule has 1 aromatic heterocycles. The molecule has 0 amide bonds. The molecule has 0 saturated carbocycles. The first-order chi connectivity index (χ1) is 12.2. The van der Waals surface area contributed by atoms with Gasteiger partial charge in [0.1, 0.15) is 0 Å². The zero-order valence-corrected chi connectivity index (χ0v) is 14.5. The van der Waals surface area contributed by atoms with Crippen molar-refractivity contribution < 1.29 is 0 Å². The van der Waals surface area contributed by atoms with Crippen molar-refractivity contribution in [1.29, 1.82) is 0 Å². The lowest BCUT2D eigenvalue weighted by molar-refractivity contribution is 0.892. The van der Waals surface area contributed by atoms with Gasteiger partial charge in [-0.1, -0.05) is 77.9 Å². The van der Waals surface area contributed by atoms with Crippen LogP contribution in [-0.4, -0.2) is 9.78 Å². The molecule has 0 fully saturated rings. The topological polar surface area (TPSA) is 17.8 Å². The molecule has 1 heterocycles. The molecule has 25 heavy (non-hydrogen) atoms. The van der Waals surface area contributed by atoms with Crippen LogP contribution < -0.4 is 0 Å². The monoisotopic (exact) mass is 324 g/mol. The SMILES string of the molecule is Cc1ccc(-c2cc(-c3ccc(C)cc3)n(-c3ccccc3)n2)cc1. The Kier molecular flexibility index (Phi) is 3.95. The maximum atomic E-state index is 4.90. The predicted molar refractivity (Wildman–Crippen MR) is 104 cm³/mol. The fourth-order valence-corrected chi connectivity index (χ4v) is 2.94. The summed E-state index contributed by atoms with van der Waals surface area (Å²) in [7, 11) is 0. The lowest BCUT2D eigenvalue weighted by Crippen LogP contribution is -1.98. The third-order valence-electron chi connectivity index (χ3n) is 4.40. The first-order valence-corrected chi connectivity index (χ1v) is 8.50. The number of hydrogen-bond donors (Lipinski definition) is 0. The van der Waals surface area contributed by atoms with Gasteiger partial charge >= 0.3 is 0 Å². The molecular weight excluding hydrogens is 304 g/mol. The van der Waals surface area contributed by atoms with Crippen LogP contribution in [-0.2, 0) is 0 Å². The predicted octanol–water partition coefficient (Wildman–Crippen LogP) is 5.82. The number of benzene rings is 3. The third-order valence-corrected chi connectivity index (χ3v) is 4.40. The number of para-hydroxylation sites is 1. The first kappa shape index (κ1) is 15.4. The standard InChI is InChI=1S/C23H20N2/c1-17-8-12-19(13-9-17)22-16-23(20-14-10-18(2)11-15-20)25(24-22)21-6-4-3-5-7-21/h3-16H,1-2H3. The van der Waals surface area contributed by atoms with Crippen LogP contribution in [0.5, 0.6) is 0 Å². The van der Waals surface area contributed by atoms with Crippen LogP contribution in [0.15, 0.2) is 84.9 Å². The molecule has 0 aliphatic carbocycles. The summed E-state index contributed by atoms with van der Waals surface area (Å²) in [6.07, 6.45) is 0. The normalized spacial score (nSPS) is 10.8. The fraction of sp³-hybridized carbons (Fsp3) is 0.0870. The van der Waals surface area contributed by atoms with E-state index in [9.17, 15) is 0 Å². The van der Waals surface area contributed by atoms with E-state index in [4.69, 9.17) is 5.10 Å². The molecule has 0 radical (unpaired) electrons. The molecule has 0 atom stereocenters. The van der Waals surface area contributed by atoms with E-state index in [-0.39, 0.29) is 0 Å². The average Bonchev–Trinajstić information content (AvgIpc) is 3.09. The van der Waals surface area contributed by atoms with E-state index in [2.05, 4.69) is 80.6 Å². The quantitative estimate of drug-likeness (QED) is 0.464. The van der Waals surface area contributed by atoms with Crippen molar-refractivity contribution in [2.75, 3.05) is 0 Å². The second-order valence-electron chi connectivity index (χ2n) is 6.39. The highest BCUT2D eigenvalue weighted by Gasteiger charge is 2.12. The van der Waals surface area contributed by atoms with Crippen molar-refractivity contribution in [2.45, 2.75) is 13.8 Å². The van der Waals surface area contributed by atoms with Gasteiger partial charge in [-0.2, -0.15) is 5.10 Å². The van der Waals surface area contributed by atoms with Gasteiger partial charge in [-0.05, 0) is 32.0 Å². The van der Waals surface area contributed by atoms with Crippen molar-refractivity contribution in [2.24, 2.45) is 0 Å². The summed E-state index contributed by atoms with van der Waals surface area (Å²) in [5, 5.41) is 4.90. The van der Waals surface area contributed by atoms with E-state index in [0.717, 1.165) is 22.6 Å². The van der Waals surface area contributed by atoms with Gasteiger partial charge in [0, 0.05) is 11.1 Å². The summed E-state index contributed by atoms with van der Waals surface area (Å²) in [5.41, 5.74) is 7.96. The molecule has 3 aromatic carbocycles. The van der Waals surface area contributed by atoms with Gasteiger partial charge in [-0.3, -0.25) is 0 Å². The second-order valence-corrected chi connectivity index (χ2v) is 6.39. The highest BCUT2D eigenvalue weighted by atomic mass is 15.3. The Labute approximate surface area is 148 Å². The minimum atomic E-state index is 0.986. The lowest BCUT2D eigenvalue weighted by Gasteiger charge is -2.07. The molecular formula is C23H20N2. The first-order valence-electron chi connectivity index (χ1n) is 8.50. The third kappa shape index (κ3) is 3.11. The van der Waals surface area contributed by atoms with E-state index < -0.39 is 0 Å². The van der Waals surface area contributed by atoms with Crippen molar-refractivity contribution >= 4 is 0 Å². The van der Waals surface area contributed by atoms with Gasteiger partial charge in [-0.25, -0.2) is 4.68 Å². The van der Waals surface area contributed by atoms with Crippen molar-refractivity contribution in [3.8, 4) is 28.2 Å². The van der Waals surface area contributed by atoms with E-state index in [1.165, 1.54) is 16.7 Å². The highest BCUT2D eigenvalue weighted by molar-refractivity contribution is 5.70. The van der Waals surface area contributed by atoms with Crippen molar-refractivity contribution in [3.63, 3.8) is 0 Å². The smallest absolute Gasteiger partial charge is 0.0934 e. The summed E-state index contributed by atoms with van der Waals surface area (Å²) >= 11 is 0. The summed E-state index contributed by atoms with van der Waals surface area (Å²) in [5.74, 6) is 0. The molecule has 0 aliphatic heterocycles. The molecule has 0 saturated heterocycles. The van der Waals surface area contributed by atoms with Crippen molar-refractivity contribution in [1.82, 2.24) is 9.78 Å². The number of hydrogen-bond acceptors (Lipinski definition) is 1. The van der Waals surface area contributed by atoms with Gasteiger partial charge in [0.15, 0.2) is 0 Å². The number of nitrogens with zero attached hydrogens (tertiary/aromatic N) is 2. The second kappa shape index (κ2) is 6.40. The van der Waals surface area contributed by atoms with Crippen LogP contribution in [0.2, 0.25) is 0 Å². The zero-order chi connectivity index (χ0) is 17.2. The minimum absolute atomic E-state index is 0.986. The Hall–Kier alpha value is -3.13. The van der Waals surface area contributed by atoms with Gasteiger partial charge in [0.2, 0.25) is 0 Å². The fourth-order valence-electron chi connectivity index (χ4n) is 2.94. The van der Waals surface area contributed by atoms with Crippen LogP contribution in [0.25, 0.3) is 28.2 Å². The maximum Gasteiger partial charge on any atom is 0.0934 e. The molecule has 0 unspecified atom stereocenters. The average molecular weight is 324 g/mol. The van der Waals surface area contributed by atoms with Crippen LogP contribution in [0.3, 0.4) is 0 Å². The maximum absolute atomic E-state index is 4.90. The lowest BCUT2D eigenvalue weighted by atomic mass is 10.1. The Morgan fingerprint density at radius 3 is 1.80 bits per heavy atom. The highest BCUT2D eigenvalue weighted by Crippen LogP contribution is 2.29. The van der Waals surface area contributed by atoms with Gasteiger partial charge in [0.05, 0.1) is 17.1 Å². The molecule has 2 heteroatoms. The number of aromatic nitrogens is 2. The largest absolute Gasteiger partial charge is 0.232 e. The molecule has 0 N–H and O–H groups in total. The number of rotatable bonds is 3. The summed E-state index contributed by atoms with van der Waals surface area (Å²) in [6, 6.07) is 29.6. The molecule has 0 aliphatic rings. The zero-order valence-electron chi connectivity index (χ0n) is 14.5. The Bertz CT molecular complexity index is 979. The van der Waals surface area contributed by atoms with Crippen LogP contribution >= 0.6 is 0 Å². The van der Waals surface area contributed by atoms with E-state index >= 15 is 0 Å². The Morgan fingerprint density at radius 1 is 0.640 bits per heavy atom. The van der Waals surface area contributed by atoms with Crippen LogP contribution in [0.1, 0.15) is 11.1 Å². The molecule has 4 aromatic rings. The molecule has 4 rings (SSSR count). The van der Waals surface area contributed by atoms with E-state index in [1.54, 1.807) is 0 Å². The van der Waals surface area contributed by atoms with Crippen molar-refractivity contribution in [3.05, 3.63) is 96.1 Å². The Morgan fingerprint density at radius 2 is 1.20 bits per heavy atom. The van der Waals surface area contributed by atoms with E-state index in [1.807, 2.05) is 22.9 Å². The molecule has 122 valence electrons. The Balaban J connectivity index is 1.89. The summed E-state index contributed by atoms with van der Waals surface area (Å²) in [4.78, 5) is 0. The number of aryl methyl sites for hydroxylation is 2. The van der Waals surface area contributed by atoms with E-state index in [0.29, 0.717) is 0 Å². The molecule has 0 spiro atoms. The summed E-state index contributed by atoms with van der Waals surface area (Å²) < 4.78 is 2.03. The minimum Gasteiger partial charge on any atom is -0.232 e. The van der Waals surface area contributed by atoms with Gasteiger partial charge < -0.3 is 0 Å². The van der Waals surface area contributed by atoms with Gasteiger partial charge in [0.25, 0.3) is 0 Å². The van der Waals surface area contributed by atoms with Crippen LogP contribution in [0, 0.1) is 13.8 Å². The molecule has 0 bridgehead atoms. The molecule has 2 nitrogen and oxygen atoms in total.